The molecule has 1 saturated heterocycles. The van der Waals surface area contributed by atoms with Crippen molar-refractivity contribution >= 4 is 29.1 Å². The summed E-state index contributed by atoms with van der Waals surface area (Å²) in [5.41, 5.74) is 2.74. The molecule has 1 atom stereocenters. The Hall–Kier alpha value is -4.39. The monoisotopic (exact) mass is 457 g/mol. The van der Waals surface area contributed by atoms with Gasteiger partial charge in [0.2, 0.25) is 0 Å². The first kappa shape index (κ1) is 22.8. The lowest BCUT2D eigenvalue weighted by molar-refractivity contribution is -0.132. The Kier molecular flexibility index (Phi) is 6.19. The third-order valence-electron chi connectivity index (χ3n) is 5.77. The van der Waals surface area contributed by atoms with Crippen molar-refractivity contribution in [2.24, 2.45) is 0 Å². The van der Waals surface area contributed by atoms with Crippen molar-refractivity contribution < 1.29 is 29.0 Å². The molecule has 0 aromatic heterocycles. The highest BCUT2D eigenvalue weighted by molar-refractivity contribution is 6.51. The van der Waals surface area contributed by atoms with Gasteiger partial charge < -0.3 is 14.6 Å². The van der Waals surface area contributed by atoms with Gasteiger partial charge in [-0.3, -0.25) is 14.5 Å². The van der Waals surface area contributed by atoms with E-state index in [0.717, 1.165) is 5.56 Å². The van der Waals surface area contributed by atoms with E-state index in [1.54, 1.807) is 55.6 Å². The lowest BCUT2D eigenvalue weighted by Gasteiger charge is -2.25. The molecule has 7 heteroatoms. The fourth-order valence-corrected chi connectivity index (χ4v) is 3.94. The van der Waals surface area contributed by atoms with Crippen LogP contribution in [-0.4, -0.2) is 37.0 Å². The highest BCUT2D eigenvalue weighted by atomic mass is 16.5. The number of ether oxygens (including phenoxy) is 2. The van der Waals surface area contributed by atoms with Crippen molar-refractivity contribution in [3.63, 3.8) is 0 Å². The van der Waals surface area contributed by atoms with Gasteiger partial charge in [-0.05, 0) is 48.9 Å². The standard InChI is InChI=1S/C27H23NO6/c1-16-4-6-18(7-5-16)24(29)22-23(17-10-14-21(33-2)15-11-17)28(26(31)25(22)30)20-12-8-19(9-13-20)27(32)34-3/h4-15,23,29H,1-3H3/b24-22+. The van der Waals surface area contributed by atoms with Crippen LogP contribution in [0.5, 0.6) is 5.75 Å². The van der Waals surface area contributed by atoms with E-state index in [1.165, 1.54) is 24.1 Å². The summed E-state index contributed by atoms with van der Waals surface area (Å²) in [6, 6.07) is 19.3. The van der Waals surface area contributed by atoms with E-state index < -0.39 is 23.7 Å². The second-order valence-electron chi connectivity index (χ2n) is 7.85. The molecular weight excluding hydrogens is 434 g/mol. The number of carbonyl (C=O) groups is 3. The van der Waals surface area contributed by atoms with Gasteiger partial charge in [-0.15, -0.1) is 0 Å². The summed E-state index contributed by atoms with van der Waals surface area (Å²) in [7, 11) is 2.82. The maximum absolute atomic E-state index is 13.2. The SMILES string of the molecule is COC(=O)c1ccc(N2C(=O)C(=O)/C(=C(/O)c3ccc(C)cc3)C2c2ccc(OC)cc2)cc1. The normalized spacial score (nSPS) is 17.0. The van der Waals surface area contributed by atoms with E-state index in [-0.39, 0.29) is 11.3 Å². The van der Waals surface area contributed by atoms with Gasteiger partial charge in [0.1, 0.15) is 11.5 Å². The first-order valence-corrected chi connectivity index (χ1v) is 10.6. The minimum atomic E-state index is -0.879. The average Bonchev–Trinajstić information content (AvgIpc) is 3.14. The molecule has 34 heavy (non-hydrogen) atoms. The Morgan fingerprint density at radius 1 is 0.853 bits per heavy atom. The third kappa shape index (κ3) is 4.03. The third-order valence-corrected chi connectivity index (χ3v) is 5.77. The van der Waals surface area contributed by atoms with Gasteiger partial charge in [0.25, 0.3) is 11.7 Å². The van der Waals surface area contributed by atoms with Gasteiger partial charge in [-0.1, -0.05) is 42.0 Å². The van der Waals surface area contributed by atoms with Crippen LogP contribution in [0, 0.1) is 6.92 Å². The number of ketones is 1. The number of esters is 1. The molecule has 172 valence electrons. The zero-order valence-electron chi connectivity index (χ0n) is 18.9. The zero-order chi connectivity index (χ0) is 24.4. The Morgan fingerprint density at radius 2 is 1.44 bits per heavy atom. The minimum Gasteiger partial charge on any atom is -0.507 e. The molecule has 7 nitrogen and oxygen atoms in total. The topological polar surface area (TPSA) is 93.1 Å². The molecule has 1 aliphatic heterocycles. The fraction of sp³-hybridized carbons (Fsp3) is 0.148. The number of nitrogens with zero attached hydrogens (tertiary/aromatic N) is 1. The second-order valence-corrected chi connectivity index (χ2v) is 7.85. The van der Waals surface area contributed by atoms with Gasteiger partial charge in [0.15, 0.2) is 0 Å². The Balaban J connectivity index is 1.88. The van der Waals surface area contributed by atoms with Crippen molar-refractivity contribution in [3.8, 4) is 5.75 Å². The van der Waals surface area contributed by atoms with Crippen molar-refractivity contribution in [1.82, 2.24) is 0 Å². The number of hydrogen-bond acceptors (Lipinski definition) is 6. The highest BCUT2D eigenvalue weighted by Gasteiger charge is 2.47. The van der Waals surface area contributed by atoms with E-state index in [1.807, 2.05) is 19.1 Å². The van der Waals surface area contributed by atoms with E-state index >= 15 is 0 Å². The van der Waals surface area contributed by atoms with E-state index in [9.17, 15) is 19.5 Å². The smallest absolute Gasteiger partial charge is 0.337 e. The minimum absolute atomic E-state index is 0.0175. The van der Waals surface area contributed by atoms with Crippen molar-refractivity contribution in [2.75, 3.05) is 19.1 Å². The average molecular weight is 457 g/mol. The maximum atomic E-state index is 13.2. The molecule has 0 saturated carbocycles. The van der Waals surface area contributed by atoms with Crippen LogP contribution in [0.1, 0.15) is 33.1 Å². The highest BCUT2D eigenvalue weighted by Crippen LogP contribution is 2.42. The fourth-order valence-electron chi connectivity index (χ4n) is 3.94. The van der Waals surface area contributed by atoms with Crippen molar-refractivity contribution in [1.29, 1.82) is 0 Å². The van der Waals surface area contributed by atoms with Crippen LogP contribution in [0.15, 0.2) is 78.4 Å². The van der Waals surface area contributed by atoms with Gasteiger partial charge in [-0.2, -0.15) is 0 Å². The molecule has 1 aliphatic rings. The predicted octanol–water partition coefficient (Wildman–Crippen LogP) is 4.42. The molecule has 1 heterocycles. The van der Waals surface area contributed by atoms with E-state index in [0.29, 0.717) is 28.1 Å². The number of rotatable bonds is 5. The number of aliphatic hydroxyl groups excluding tert-OH is 1. The lowest BCUT2D eigenvalue weighted by Crippen LogP contribution is -2.29. The molecule has 0 radical (unpaired) electrons. The molecule has 3 aromatic carbocycles. The molecule has 1 unspecified atom stereocenters. The van der Waals surface area contributed by atoms with Gasteiger partial charge in [0.05, 0.1) is 31.4 Å². The summed E-state index contributed by atoms with van der Waals surface area (Å²) < 4.78 is 9.97. The first-order valence-electron chi connectivity index (χ1n) is 10.6. The van der Waals surface area contributed by atoms with Crippen molar-refractivity contribution in [3.05, 3.63) is 101 Å². The summed E-state index contributed by atoms with van der Waals surface area (Å²) in [5, 5.41) is 11.1. The summed E-state index contributed by atoms with van der Waals surface area (Å²) >= 11 is 0. The summed E-state index contributed by atoms with van der Waals surface area (Å²) in [5.74, 6) is -1.73. The molecule has 3 aromatic rings. The van der Waals surface area contributed by atoms with Gasteiger partial charge >= 0.3 is 5.97 Å². The Morgan fingerprint density at radius 3 is 2.00 bits per heavy atom. The molecule has 1 N–H and O–H groups in total. The van der Waals surface area contributed by atoms with E-state index in [4.69, 9.17) is 9.47 Å². The quantitative estimate of drug-likeness (QED) is 0.264. The number of methoxy groups -OCH3 is 2. The number of anilines is 1. The summed E-state index contributed by atoms with van der Waals surface area (Å²) in [4.78, 5) is 39.5. The molecular formula is C27H23NO6. The van der Waals surface area contributed by atoms with Crippen LogP contribution in [0.2, 0.25) is 0 Å². The summed E-state index contributed by atoms with van der Waals surface area (Å²) in [6.45, 7) is 1.91. The van der Waals surface area contributed by atoms with Gasteiger partial charge in [0, 0.05) is 11.3 Å². The van der Waals surface area contributed by atoms with Crippen LogP contribution in [0.25, 0.3) is 5.76 Å². The number of amides is 1. The molecule has 4 rings (SSSR count). The lowest BCUT2D eigenvalue weighted by atomic mass is 9.94. The predicted molar refractivity (Wildman–Crippen MR) is 127 cm³/mol. The summed E-state index contributed by atoms with van der Waals surface area (Å²) in [6.07, 6.45) is 0. The van der Waals surface area contributed by atoms with E-state index in [2.05, 4.69) is 0 Å². The second kappa shape index (κ2) is 9.23. The van der Waals surface area contributed by atoms with Crippen LogP contribution in [0.3, 0.4) is 0 Å². The zero-order valence-corrected chi connectivity index (χ0v) is 18.9. The molecule has 1 fully saturated rings. The first-order chi connectivity index (χ1) is 16.3. The largest absolute Gasteiger partial charge is 0.507 e. The molecule has 0 bridgehead atoms. The molecule has 0 aliphatic carbocycles. The Labute approximate surface area is 196 Å². The number of hydrogen-bond donors (Lipinski definition) is 1. The van der Waals surface area contributed by atoms with Crippen molar-refractivity contribution in [2.45, 2.75) is 13.0 Å². The number of carbonyl (C=O) groups excluding carboxylic acids is 3. The maximum Gasteiger partial charge on any atom is 0.337 e. The molecule has 1 amide bonds. The van der Waals surface area contributed by atoms with Crippen LogP contribution >= 0.6 is 0 Å². The number of aliphatic hydroxyl groups is 1. The number of Topliss-reactive ketones (excluding diaryl/α,β-unsaturated/α-hetero) is 1. The Bertz CT molecular complexity index is 1270. The van der Waals surface area contributed by atoms with Crippen LogP contribution in [0.4, 0.5) is 5.69 Å². The van der Waals surface area contributed by atoms with Gasteiger partial charge in [-0.25, -0.2) is 4.79 Å². The molecule has 0 spiro atoms. The van der Waals surface area contributed by atoms with Crippen LogP contribution < -0.4 is 9.64 Å². The number of benzene rings is 3. The number of aryl methyl sites for hydroxylation is 1. The van der Waals surface area contributed by atoms with Crippen LogP contribution in [-0.2, 0) is 14.3 Å².